The first-order valence-electron chi connectivity index (χ1n) is 5.82. The minimum Gasteiger partial charge on any atom is -0.383 e. The van der Waals surface area contributed by atoms with E-state index in [0.29, 0.717) is 5.82 Å². The summed E-state index contributed by atoms with van der Waals surface area (Å²) in [5, 5.41) is 3.50. The van der Waals surface area contributed by atoms with Crippen LogP contribution in [0.3, 0.4) is 0 Å². The zero-order chi connectivity index (χ0) is 12.3. The Morgan fingerprint density at radius 3 is 2.50 bits per heavy atom. The highest BCUT2D eigenvalue weighted by atomic mass is 14.9. The largest absolute Gasteiger partial charge is 0.383 e. The van der Waals surface area contributed by atoms with Crippen molar-refractivity contribution >= 4 is 5.82 Å². The molecule has 90 valence electrons. The van der Waals surface area contributed by atoms with Crippen LogP contribution in [0.2, 0.25) is 0 Å². The maximum absolute atomic E-state index is 6.00. The van der Waals surface area contributed by atoms with E-state index in [1.165, 1.54) is 5.56 Å². The van der Waals surface area contributed by atoms with Crippen LogP contribution in [0.15, 0.2) is 12.3 Å². The number of nitrogens with two attached hydrogens (primary N) is 1. The minimum atomic E-state index is 0.123. The third-order valence-corrected chi connectivity index (χ3v) is 2.80. The summed E-state index contributed by atoms with van der Waals surface area (Å²) in [6.07, 6.45) is 1.76. The highest BCUT2D eigenvalue weighted by Gasteiger charge is 2.28. The third-order valence-electron chi connectivity index (χ3n) is 2.80. The van der Waals surface area contributed by atoms with E-state index in [-0.39, 0.29) is 11.5 Å². The Kier molecular flexibility index (Phi) is 3.92. The standard InChI is InChI=1S/C13H23N3/c1-6-15-11(13(3,4)5)10-9(2)7-8-16-12(10)14/h7-8,11,15H,6H2,1-5H3,(H2,14,16). The Bertz CT molecular complexity index is 332. The van der Waals surface area contributed by atoms with Crippen molar-refractivity contribution in [3.63, 3.8) is 0 Å². The second-order valence-corrected chi connectivity index (χ2v) is 5.28. The molecule has 1 rings (SSSR count). The number of pyridine rings is 1. The fourth-order valence-electron chi connectivity index (χ4n) is 2.01. The number of nitrogens with one attached hydrogen (secondary N) is 1. The number of hydrogen-bond donors (Lipinski definition) is 2. The van der Waals surface area contributed by atoms with Crippen LogP contribution in [0, 0.1) is 12.3 Å². The lowest BCUT2D eigenvalue weighted by molar-refractivity contribution is 0.276. The highest BCUT2D eigenvalue weighted by Crippen LogP contribution is 2.36. The molecular formula is C13H23N3. The molecule has 0 spiro atoms. The first-order chi connectivity index (χ1) is 7.38. The zero-order valence-corrected chi connectivity index (χ0v) is 11.0. The maximum Gasteiger partial charge on any atom is 0.128 e. The van der Waals surface area contributed by atoms with Crippen LogP contribution in [-0.2, 0) is 0 Å². The molecule has 0 aromatic carbocycles. The van der Waals surface area contributed by atoms with Crippen molar-refractivity contribution in [1.82, 2.24) is 10.3 Å². The van der Waals surface area contributed by atoms with Crippen LogP contribution >= 0.6 is 0 Å². The average molecular weight is 221 g/mol. The number of nitrogen functional groups attached to an aromatic ring is 1. The van der Waals surface area contributed by atoms with Gasteiger partial charge >= 0.3 is 0 Å². The van der Waals surface area contributed by atoms with Crippen LogP contribution in [0.1, 0.15) is 44.9 Å². The molecule has 0 aliphatic heterocycles. The molecule has 0 saturated heterocycles. The second kappa shape index (κ2) is 4.83. The summed E-state index contributed by atoms with van der Waals surface area (Å²) in [5.74, 6) is 0.640. The molecule has 0 amide bonds. The molecule has 1 atom stereocenters. The van der Waals surface area contributed by atoms with Gasteiger partial charge in [0.05, 0.1) is 0 Å². The van der Waals surface area contributed by atoms with E-state index in [4.69, 9.17) is 5.73 Å². The summed E-state index contributed by atoms with van der Waals surface area (Å²) in [5.41, 5.74) is 8.46. The quantitative estimate of drug-likeness (QED) is 0.825. The number of hydrogen-bond acceptors (Lipinski definition) is 3. The van der Waals surface area contributed by atoms with Crippen molar-refractivity contribution in [1.29, 1.82) is 0 Å². The lowest BCUT2D eigenvalue weighted by Crippen LogP contribution is -2.33. The Labute approximate surface area is 98.5 Å². The predicted octanol–water partition coefficient (Wildman–Crippen LogP) is 2.67. The molecule has 1 aromatic rings. The van der Waals surface area contributed by atoms with E-state index in [1.54, 1.807) is 6.20 Å². The second-order valence-electron chi connectivity index (χ2n) is 5.28. The van der Waals surface area contributed by atoms with Gasteiger partial charge in [-0.2, -0.15) is 0 Å². The van der Waals surface area contributed by atoms with Crippen LogP contribution in [0.4, 0.5) is 5.82 Å². The molecule has 3 nitrogen and oxygen atoms in total. The molecular weight excluding hydrogens is 198 g/mol. The smallest absolute Gasteiger partial charge is 0.128 e. The van der Waals surface area contributed by atoms with Gasteiger partial charge in [-0.15, -0.1) is 0 Å². The zero-order valence-electron chi connectivity index (χ0n) is 11.0. The van der Waals surface area contributed by atoms with Gasteiger partial charge in [0.1, 0.15) is 5.82 Å². The van der Waals surface area contributed by atoms with Gasteiger partial charge in [-0.05, 0) is 30.5 Å². The van der Waals surface area contributed by atoms with Crippen molar-refractivity contribution < 1.29 is 0 Å². The van der Waals surface area contributed by atoms with E-state index < -0.39 is 0 Å². The Hall–Kier alpha value is -1.09. The fraction of sp³-hybridized carbons (Fsp3) is 0.615. The number of aromatic nitrogens is 1. The molecule has 0 aliphatic carbocycles. The normalized spacial score (nSPS) is 13.8. The van der Waals surface area contributed by atoms with E-state index in [1.807, 2.05) is 6.07 Å². The Balaban J connectivity index is 3.21. The van der Waals surface area contributed by atoms with Gasteiger partial charge in [0.2, 0.25) is 0 Å². The predicted molar refractivity (Wildman–Crippen MR) is 69.3 cm³/mol. The molecule has 1 aromatic heterocycles. The van der Waals surface area contributed by atoms with E-state index >= 15 is 0 Å². The summed E-state index contributed by atoms with van der Waals surface area (Å²) < 4.78 is 0. The average Bonchev–Trinajstić information content (AvgIpc) is 2.14. The van der Waals surface area contributed by atoms with Gasteiger partial charge in [-0.25, -0.2) is 4.98 Å². The summed E-state index contributed by atoms with van der Waals surface area (Å²) in [4.78, 5) is 4.19. The number of anilines is 1. The van der Waals surface area contributed by atoms with Crippen LogP contribution in [-0.4, -0.2) is 11.5 Å². The van der Waals surface area contributed by atoms with Crippen LogP contribution in [0.25, 0.3) is 0 Å². The molecule has 0 saturated carbocycles. The molecule has 3 heteroatoms. The Morgan fingerprint density at radius 1 is 1.44 bits per heavy atom. The fourth-order valence-corrected chi connectivity index (χ4v) is 2.01. The molecule has 3 N–H and O–H groups in total. The summed E-state index contributed by atoms with van der Waals surface area (Å²) in [6.45, 7) is 11.8. The van der Waals surface area contributed by atoms with Gasteiger partial charge in [0, 0.05) is 17.8 Å². The van der Waals surface area contributed by atoms with E-state index in [2.05, 4.69) is 44.9 Å². The van der Waals surface area contributed by atoms with Gasteiger partial charge < -0.3 is 11.1 Å². The monoisotopic (exact) mass is 221 g/mol. The van der Waals surface area contributed by atoms with E-state index in [9.17, 15) is 0 Å². The minimum absolute atomic E-state index is 0.123. The summed E-state index contributed by atoms with van der Waals surface area (Å²) in [7, 11) is 0. The molecule has 0 aliphatic rings. The molecule has 1 unspecified atom stereocenters. The number of rotatable bonds is 3. The first-order valence-corrected chi connectivity index (χ1v) is 5.82. The highest BCUT2D eigenvalue weighted by molar-refractivity contribution is 5.46. The number of aryl methyl sites for hydroxylation is 1. The van der Waals surface area contributed by atoms with Crippen LogP contribution < -0.4 is 11.1 Å². The van der Waals surface area contributed by atoms with Gasteiger partial charge in [0.15, 0.2) is 0 Å². The van der Waals surface area contributed by atoms with Gasteiger partial charge in [-0.3, -0.25) is 0 Å². The summed E-state index contributed by atoms with van der Waals surface area (Å²) >= 11 is 0. The molecule has 0 fully saturated rings. The van der Waals surface area contributed by atoms with Crippen molar-refractivity contribution in [2.24, 2.45) is 5.41 Å². The third kappa shape index (κ3) is 2.73. The van der Waals surface area contributed by atoms with Crippen molar-refractivity contribution in [3.05, 3.63) is 23.4 Å². The van der Waals surface area contributed by atoms with Crippen LogP contribution in [0.5, 0.6) is 0 Å². The van der Waals surface area contributed by atoms with Crippen molar-refractivity contribution in [2.45, 2.75) is 40.7 Å². The molecule has 1 heterocycles. The topological polar surface area (TPSA) is 50.9 Å². The van der Waals surface area contributed by atoms with Crippen molar-refractivity contribution in [3.8, 4) is 0 Å². The molecule has 0 radical (unpaired) electrons. The lowest BCUT2D eigenvalue weighted by atomic mass is 9.81. The van der Waals surface area contributed by atoms with Gasteiger partial charge in [-0.1, -0.05) is 27.7 Å². The van der Waals surface area contributed by atoms with E-state index in [0.717, 1.165) is 12.1 Å². The Morgan fingerprint density at radius 2 is 2.06 bits per heavy atom. The van der Waals surface area contributed by atoms with Crippen molar-refractivity contribution in [2.75, 3.05) is 12.3 Å². The van der Waals surface area contributed by atoms with Gasteiger partial charge in [0.25, 0.3) is 0 Å². The summed E-state index contributed by atoms with van der Waals surface area (Å²) in [6, 6.07) is 2.26. The molecule has 16 heavy (non-hydrogen) atoms. The SMILES string of the molecule is CCNC(c1c(C)ccnc1N)C(C)(C)C. The lowest BCUT2D eigenvalue weighted by Gasteiger charge is -2.33. The first kappa shape index (κ1) is 13.0. The maximum atomic E-state index is 6.00. The molecule has 0 bridgehead atoms. The number of nitrogens with zero attached hydrogens (tertiary/aromatic N) is 1.